The molecule has 136 valence electrons. The van der Waals surface area contributed by atoms with Gasteiger partial charge in [0.05, 0.1) is 0 Å². The predicted molar refractivity (Wildman–Crippen MR) is 94.2 cm³/mol. The zero-order valence-electron chi connectivity index (χ0n) is 14.7. The van der Waals surface area contributed by atoms with E-state index in [9.17, 15) is 14.4 Å². The van der Waals surface area contributed by atoms with E-state index in [1.807, 2.05) is 17.9 Å². The maximum atomic E-state index is 12.7. The molecule has 0 aliphatic carbocycles. The quantitative estimate of drug-likeness (QED) is 0.831. The molecule has 1 N–H and O–H groups in total. The fourth-order valence-corrected chi connectivity index (χ4v) is 3.63. The molecule has 0 aromatic carbocycles. The lowest BCUT2D eigenvalue weighted by Crippen LogP contribution is -2.60. The van der Waals surface area contributed by atoms with E-state index in [4.69, 9.17) is 0 Å². The van der Waals surface area contributed by atoms with Crippen LogP contribution in [0, 0.1) is 6.92 Å². The second kappa shape index (κ2) is 7.82. The van der Waals surface area contributed by atoms with Crippen molar-refractivity contribution in [3.63, 3.8) is 0 Å². The molecule has 1 aromatic heterocycles. The van der Waals surface area contributed by atoms with Gasteiger partial charge in [0.2, 0.25) is 11.8 Å². The van der Waals surface area contributed by atoms with Crippen molar-refractivity contribution in [2.45, 2.75) is 38.8 Å². The summed E-state index contributed by atoms with van der Waals surface area (Å²) in [4.78, 5) is 41.0. The van der Waals surface area contributed by atoms with Crippen LogP contribution < -0.4 is 10.9 Å². The number of hydrogen-bond acceptors (Lipinski definition) is 4. The highest BCUT2D eigenvalue weighted by Gasteiger charge is 2.35. The predicted octanol–water partition coefficient (Wildman–Crippen LogP) is -0.0304. The molecular formula is C18H26N4O3. The highest BCUT2D eigenvalue weighted by Crippen LogP contribution is 2.14. The van der Waals surface area contributed by atoms with Crippen LogP contribution in [0.2, 0.25) is 0 Å². The van der Waals surface area contributed by atoms with E-state index >= 15 is 0 Å². The standard InChI is InChI=1S/C18H26N4O3/c1-14-5-4-6-16(23)21(14)11-7-17(24)22-12-8-19-13-15(22)18(25)20-9-2-3-10-20/h4-6,15,19H,2-3,7-13H2,1H3. The van der Waals surface area contributed by atoms with Crippen molar-refractivity contribution < 1.29 is 9.59 Å². The summed E-state index contributed by atoms with van der Waals surface area (Å²) < 4.78 is 1.61. The van der Waals surface area contributed by atoms with Crippen molar-refractivity contribution >= 4 is 11.8 Å². The molecular weight excluding hydrogens is 320 g/mol. The zero-order chi connectivity index (χ0) is 17.8. The Hall–Kier alpha value is -2.15. The topological polar surface area (TPSA) is 74.6 Å². The minimum Gasteiger partial charge on any atom is -0.341 e. The van der Waals surface area contributed by atoms with Crippen LogP contribution in [0.5, 0.6) is 0 Å². The highest BCUT2D eigenvalue weighted by atomic mass is 16.2. The van der Waals surface area contributed by atoms with Gasteiger partial charge >= 0.3 is 0 Å². The molecule has 0 bridgehead atoms. The largest absolute Gasteiger partial charge is 0.341 e. The number of hydrogen-bond donors (Lipinski definition) is 1. The van der Waals surface area contributed by atoms with Crippen LogP contribution in [0.15, 0.2) is 23.0 Å². The van der Waals surface area contributed by atoms with Gasteiger partial charge in [-0.15, -0.1) is 0 Å². The van der Waals surface area contributed by atoms with Crippen molar-refractivity contribution in [1.82, 2.24) is 19.7 Å². The van der Waals surface area contributed by atoms with E-state index in [1.54, 1.807) is 15.5 Å². The third-order valence-corrected chi connectivity index (χ3v) is 5.08. The molecule has 1 aromatic rings. The fourth-order valence-electron chi connectivity index (χ4n) is 3.63. The molecule has 25 heavy (non-hydrogen) atoms. The van der Waals surface area contributed by atoms with Crippen molar-refractivity contribution in [3.05, 3.63) is 34.2 Å². The van der Waals surface area contributed by atoms with Gasteiger partial charge < -0.3 is 19.7 Å². The number of rotatable bonds is 4. The summed E-state index contributed by atoms with van der Waals surface area (Å²) in [7, 11) is 0. The van der Waals surface area contributed by atoms with Crippen molar-refractivity contribution in [2.24, 2.45) is 0 Å². The first-order valence-electron chi connectivity index (χ1n) is 9.03. The van der Waals surface area contributed by atoms with Gasteiger partial charge in [-0.2, -0.15) is 0 Å². The van der Waals surface area contributed by atoms with Gasteiger partial charge in [-0.1, -0.05) is 6.07 Å². The molecule has 1 atom stereocenters. The molecule has 2 aliphatic heterocycles. The minimum atomic E-state index is -0.423. The summed E-state index contributed by atoms with van der Waals surface area (Å²) >= 11 is 0. The number of nitrogens with zero attached hydrogens (tertiary/aromatic N) is 3. The number of nitrogens with one attached hydrogen (secondary N) is 1. The van der Waals surface area contributed by atoms with Gasteiger partial charge in [0.15, 0.2) is 0 Å². The molecule has 3 heterocycles. The van der Waals surface area contributed by atoms with Crippen LogP contribution in [0.4, 0.5) is 0 Å². The Labute approximate surface area is 147 Å². The van der Waals surface area contributed by atoms with Crippen LogP contribution in [0.25, 0.3) is 0 Å². The number of aryl methyl sites for hydroxylation is 1. The Morgan fingerprint density at radius 2 is 1.96 bits per heavy atom. The number of likely N-dealkylation sites (tertiary alicyclic amines) is 1. The third kappa shape index (κ3) is 3.92. The van der Waals surface area contributed by atoms with Crippen LogP contribution in [0.3, 0.4) is 0 Å². The highest BCUT2D eigenvalue weighted by molar-refractivity contribution is 5.88. The number of piperazine rings is 1. The smallest absolute Gasteiger partial charge is 0.250 e. The second-order valence-electron chi connectivity index (χ2n) is 6.75. The maximum absolute atomic E-state index is 12.7. The molecule has 3 rings (SSSR count). The van der Waals surface area contributed by atoms with Crippen LogP contribution in [-0.4, -0.2) is 64.9 Å². The molecule has 0 spiro atoms. The van der Waals surface area contributed by atoms with Crippen LogP contribution >= 0.6 is 0 Å². The van der Waals surface area contributed by atoms with Crippen molar-refractivity contribution in [2.75, 3.05) is 32.7 Å². The van der Waals surface area contributed by atoms with E-state index in [1.165, 1.54) is 6.07 Å². The van der Waals surface area contributed by atoms with Gasteiger partial charge in [0.25, 0.3) is 5.56 Å². The van der Waals surface area contributed by atoms with E-state index < -0.39 is 6.04 Å². The lowest BCUT2D eigenvalue weighted by Gasteiger charge is -2.37. The Kier molecular flexibility index (Phi) is 5.53. The van der Waals surface area contributed by atoms with Crippen molar-refractivity contribution in [3.8, 4) is 0 Å². The molecule has 1 unspecified atom stereocenters. The summed E-state index contributed by atoms with van der Waals surface area (Å²) in [5, 5.41) is 3.22. The van der Waals surface area contributed by atoms with E-state index in [2.05, 4.69) is 5.32 Å². The second-order valence-corrected chi connectivity index (χ2v) is 6.75. The molecule has 2 saturated heterocycles. The third-order valence-electron chi connectivity index (χ3n) is 5.08. The minimum absolute atomic E-state index is 0.0473. The molecule has 0 saturated carbocycles. The summed E-state index contributed by atoms with van der Waals surface area (Å²) in [6, 6.07) is 4.66. The van der Waals surface area contributed by atoms with Gasteiger partial charge in [-0.05, 0) is 25.8 Å². The van der Waals surface area contributed by atoms with Gasteiger partial charge in [-0.3, -0.25) is 14.4 Å². The normalized spacial score (nSPS) is 20.8. The summed E-state index contributed by atoms with van der Waals surface area (Å²) in [6.07, 6.45) is 2.31. The summed E-state index contributed by atoms with van der Waals surface area (Å²) in [5.74, 6) is -0.0136. The first-order chi connectivity index (χ1) is 12.1. The molecule has 0 radical (unpaired) electrons. The van der Waals surface area contributed by atoms with Crippen molar-refractivity contribution in [1.29, 1.82) is 0 Å². The van der Waals surface area contributed by atoms with Gasteiger partial charge in [0, 0.05) is 57.4 Å². The zero-order valence-corrected chi connectivity index (χ0v) is 14.7. The monoisotopic (exact) mass is 346 g/mol. The SMILES string of the molecule is Cc1cccc(=O)n1CCC(=O)N1CCNCC1C(=O)N1CCCC1. The molecule has 7 heteroatoms. The summed E-state index contributed by atoms with van der Waals surface area (Å²) in [6.45, 7) is 5.51. The van der Waals surface area contributed by atoms with Gasteiger partial charge in [-0.25, -0.2) is 0 Å². The number of aromatic nitrogens is 1. The fraction of sp³-hybridized carbons (Fsp3) is 0.611. The molecule has 2 fully saturated rings. The summed E-state index contributed by atoms with van der Waals surface area (Å²) in [5.41, 5.74) is 0.739. The average molecular weight is 346 g/mol. The molecule has 2 amide bonds. The van der Waals surface area contributed by atoms with Crippen LogP contribution in [0.1, 0.15) is 25.0 Å². The maximum Gasteiger partial charge on any atom is 0.250 e. The van der Waals surface area contributed by atoms with E-state index in [-0.39, 0.29) is 23.8 Å². The molecule has 7 nitrogen and oxygen atoms in total. The molecule has 2 aliphatic rings. The Bertz CT molecular complexity index is 694. The Morgan fingerprint density at radius 1 is 1.20 bits per heavy atom. The number of carbonyl (C=O) groups excluding carboxylic acids is 2. The lowest BCUT2D eigenvalue weighted by atomic mass is 10.1. The number of amides is 2. The number of carbonyl (C=O) groups is 2. The average Bonchev–Trinajstić information content (AvgIpc) is 3.15. The van der Waals surface area contributed by atoms with Crippen LogP contribution in [-0.2, 0) is 16.1 Å². The van der Waals surface area contributed by atoms with E-state index in [0.29, 0.717) is 26.2 Å². The Morgan fingerprint density at radius 3 is 2.68 bits per heavy atom. The van der Waals surface area contributed by atoms with E-state index in [0.717, 1.165) is 31.6 Å². The first-order valence-corrected chi connectivity index (χ1v) is 9.03. The lowest BCUT2D eigenvalue weighted by molar-refractivity contribution is -0.146. The number of pyridine rings is 1. The van der Waals surface area contributed by atoms with Gasteiger partial charge in [0.1, 0.15) is 6.04 Å². The Balaban J connectivity index is 1.66. The first kappa shape index (κ1) is 17.7.